The number of carbonyl (C=O) groups excluding carboxylic acids is 2. The van der Waals surface area contributed by atoms with Crippen LogP contribution < -0.4 is 25.2 Å². The molecule has 8 nitrogen and oxygen atoms in total. The molecule has 0 saturated carbocycles. The third-order valence-electron chi connectivity index (χ3n) is 8.79. The topological polar surface area (TPSA) is 77.1 Å². The lowest BCUT2D eigenvalue weighted by Gasteiger charge is -2.39. The van der Waals surface area contributed by atoms with Crippen molar-refractivity contribution in [3.8, 4) is 5.75 Å². The summed E-state index contributed by atoms with van der Waals surface area (Å²) < 4.78 is 5.60. The van der Waals surface area contributed by atoms with Crippen LogP contribution in [0, 0.1) is 0 Å². The summed E-state index contributed by atoms with van der Waals surface area (Å²) in [6.07, 6.45) is 3.19. The van der Waals surface area contributed by atoms with Crippen molar-refractivity contribution in [1.29, 1.82) is 0 Å². The van der Waals surface area contributed by atoms with Gasteiger partial charge in [-0.15, -0.1) is 0 Å². The fourth-order valence-electron chi connectivity index (χ4n) is 6.38. The van der Waals surface area contributed by atoms with E-state index < -0.39 is 0 Å². The number of urea groups is 1. The van der Waals surface area contributed by atoms with Crippen LogP contribution in [0.2, 0.25) is 0 Å². The number of methoxy groups -OCH3 is 1. The molecule has 5 rings (SSSR count). The molecule has 3 aromatic rings. The number of ether oxygens (including phenoxy) is 1. The minimum Gasteiger partial charge on any atom is -0.495 e. The summed E-state index contributed by atoms with van der Waals surface area (Å²) in [6.45, 7) is 13.2. The maximum atomic E-state index is 13.9. The van der Waals surface area contributed by atoms with Crippen LogP contribution in [-0.4, -0.2) is 63.2 Å². The van der Waals surface area contributed by atoms with E-state index in [2.05, 4.69) is 72.4 Å². The maximum Gasteiger partial charge on any atom is 0.323 e. The largest absolute Gasteiger partial charge is 0.495 e. The van der Waals surface area contributed by atoms with Crippen molar-refractivity contribution in [2.45, 2.75) is 58.8 Å². The summed E-state index contributed by atoms with van der Waals surface area (Å²) in [6, 6.07) is 19.8. The molecule has 0 atom stereocenters. The van der Waals surface area contributed by atoms with Crippen molar-refractivity contribution < 1.29 is 14.3 Å². The number of nitrogens with zero attached hydrogens (tertiary/aromatic N) is 3. The van der Waals surface area contributed by atoms with E-state index in [0.29, 0.717) is 11.3 Å². The molecule has 3 aromatic carbocycles. The van der Waals surface area contributed by atoms with E-state index in [4.69, 9.17) is 4.74 Å². The molecule has 2 N–H and O–H groups in total. The summed E-state index contributed by atoms with van der Waals surface area (Å²) >= 11 is 0. The van der Waals surface area contributed by atoms with Crippen LogP contribution in [0.1, 0.15) is 80.3 Å². The monoisotopic (exact) mass is 597 g/mol. The number of piperidine rings is 1. The number of likely N-dealkylation sites (tertiary alicyclic amines) is 1. The van der Waals surface area contributed by atoms with Gasteiger partial charge >= 0.3 is 6.03 Å². The molecule has 0 bridgehead atoms. The Morgan fingerprint density at radius 2 is 1.32 bits per heavy atom. The van der Waals surface area contributed by atoms with Crippen molar-refractivity contribution in [2.24, 2.45) is 0 Å². The van der Waals surface area contributed by atoms with Crippen LogP contribution in [-0.2, 0) is 0 Å². The van der Waals surface area contributed by atoms with Crippen LogP contribution in [0.3, 0.4) is 0 Å². The van der Waals surface area contributed by atoms with E-state index in [0.717, 1.165) is 92.5 Å². The molecule has 2 aliphatic heterocycles. The van der Waals surface area contributed by atoms with Gasteiger partial charge in [-0.05, 0) is 72.6 Å². The van der Waals surface area contributed by atoms with Gasteiger partial charge in [0.25, 0.3) is 5.91 Å². The van der Waals surface area contributed by atoms with Gasteiger partial charge in [-0.3, -0.25) is 4.79 Å². The highest BCUT2D eigenvalue weighted by atomic mass is 16.5. The number of hydrogen-bond donors (Lipinski definition) is 2. The fourth-order valence-corrected chi connectivity index (χ4v) is 6.38. The average molecular weight is 598 g/mol. The summed E-state index contributed by atoms with van der Waals surface area (Å²) in [4.78, 5) is 33.9. The zero-order valence-corrected chi connectivity index (χ0v) is 26.9. The van der Waals surface area contributed by atoms with E-state index in [-0.39, 0.29) is 23.8 Å². The van der Waals surface area contributed by atoms with Gasteiger partial charge in [0.1, 0.15) is 5.75 Å². The van der Waals surface area contributed by atoms with E-state index in [9.17, 15) is 9.59 Å². The Morgan fingerprint density at radius 1 is 0.705 bits per heavy atom. The standard InChI is InChI=1S/C36H47N5O3/c1-25(2)28-12-11-13-29(26(3)4)34(28)38-36(43)37-27-16-17-31(30(24-27)35(42)41-18-9-6-10-19-41)39-20-22-40(23-21-39)32-14-7-8-15-33(32)44-5/h7-8,11-17,24-26H,6,9-10,18-23H2,1-5H3,(H2,37,38,43). The lowest BCUT2D eigenvalue weighted by molar-refractivity contribution is 0.0725. The normalized spacial score (nSPS) is 15.5. The SMILES string of the molecule is COc1ccccc1N1CCN(c2ccc(NC(=O)Nc3c(C(C)C)cccc3C(C)C)cc2C(=O)N2CCCCC2)CC1. The zero-order valence-electron chi connectivity index (χ0n) is 26.9. The Hall–Kier alpha value is -4.20. The van der Waals surface area contributed by atoms with Gasteiger partial charge in [0.2, 0.25) is 0 Å². The van der Waals surface area contributed by atoms with Crippen molar-refractivity contribution in [3.63, 3.8) is 0 Å². The summed E-state index contributed by atoms with van der Waals surface area (Å²) in [5.74, 6) is 1.43. The molecule has 0 spiro atoms. The van der Waals surface area contributed by atoms with E-state index in [1.165, 1.54) is 0 Å². The van der Waals surface area contributed by atoms with Crippen molar-refractivity contribution in [1.82, 2.24) is 4.90 Å². The minimum atomic E-state index is -0.311. The molecule has 3 amide bonds. The molecular weight excluding hydrogens is 550 g/mol. The van der Waals surface area contributed by atoms with E-state index >= 15 is 0 Å². The molecule has 2 fully saturated rings. The summed E-state index contributed by atoms with van der Waals surface area (Å²) in [5.41, 5.74) is 6.32. The van der Waals surface area contributed by atoms with Gasteiger partial charge < -0.3 is 30.1 Å². The predicted molar refractivity (Wildman–Crippen MR) is 181 cm³/mol. The quantitative estimate of drug-likeness (QED) is 0.281. The van der Waals surface area contributed by atoms with Gasteiger partial charge in [-0.1, -0.05) is 58.0 Å². The Labute approximate surface area is 262 Å². The van der Waals surface area contributed by atoms with Crippen molar-refractivity contribution >= 4 is 34.7 Å². The number of para-hydroxylation sites is 3. The third kappa shape index (κ3) is 6.95. The fraction of sp³-hybridized carbons (Fsp3) is 0.444. The Balaban J connectivity index is 1.38. The first-order valence-corrected chi connectivity index (χ1v) is 16.0. The number of nitrogens with one attached hydrogen (secondary N) is 2. The second-order valence-corrected chi connectivity index (χ2v) is 12.4. The smallest absolute Gasteiger partial charge is 0.323 e. The molecule has 234 valence electrons. The lowest BCUT2D eigenvalue weighted by Crippen LogP contribution is -2.47. The van der Waals surface area contributed by atoms with Crippen molar-refractivity contribution in [3.05, 3.63) is 77.4 Å². The molecule has 2 heterocycles. The number of carbonyl (C=O) groups is 2. The van der Waals surface area contributed by atoms with Gasteiger partial charge in [0.05, 0.1) is 18.4 Å². The molecule has 0 unspecified atom stereocenters. The Kier molecular flexibility index (Phi) is 9.98. The summed E-state index contributed by atoms with van der Waals surface area (Å²) in [7, 11) is 1.70. The average Bonchev–Trinajstić information content (AvgIpc) is 3.04. The van der Waals surface area contributed by atoms with Crippen LogP contribution in [0.4, 0.5) is 27.5 Å². The maximum absolute atomic E-state index is 13.9. The molecule has 2 aliphatic rings. The molecule has 0 aromatic heterocycles. The van der Waals surface area contributed by atoms with E-state index in [1.54, 1.807) is 7.11 Å². The second kappa shape index (κ2) is 14.1. The van der Waals surface area contributed by atoms with Crippen LogP contribution in [0.25, 0.3) is 0 Å². The Morgan fingerprint density at radius 3 is 1.93 bits per heavy atom. The highest BCUT2D eigenvalue weighted by Gasteiger charge is 2.27. The number of amides is 3. The number of anilines is 4. The zero-order chi connectivity index (χ0) is 31.2. The van der Waals surface area contributed by atoms with Crippen LogP contribution in [0.5, 0.6) is 5.75 Å². The molecular formula is C36H47N5O3. The van der Waals surface area contributed by atoms with Gasteiger partial charge in [-0.25, -0.2) is 4.79 Å². The minimum absolute atomic E-state index is 0.0307. The molecule has 0 radical (unpaired) electrons. The first-order chi connectivity index (χ1) is 21.3. The van der Waals surface area contributed by atoms with E-state index in [1.807, 2.05) is 41.3 Å². The highest BCUT2D eigenvalue weighted by molar-refractivity contribution is 6.04. The van der Waals surface area contributed by atoms with Gasteiger partial charge in [-0.2, -0.15) is 0 Å². The molecule has 8 heteroatoms. The predicted octanol–water partition coefficient (Wildman–Crippen LogP) is 7.54. The first kappa shape index (κ1) is 31.2. The summed E-state index contributed by atoms with van der Waals surface area (Å²) in [5, 5.41) is 6.17. The van der Waals surface area contributed by atoms with Crippen molar-refractivity contribution in [2.75, 3.05) is 66.8 Å². The molecule has 2 saturated heterocycles. The van der Waals surface area contributed by atoms with Crippen LogP contribution >= 0.6 is 0 Å². The highest BCUT2D eigenvalue weighted by Crippen LogP contribution is 2.34. The molecule has 0 aliphatic carbocycles. The van der Waals surface area contributed by atoms with Gasteiger partial charge in [0.15, 0.2) is 0 Å². The Bertz CT molecular complexity index is 1430. The second-order valence-electron chi connectivity index (χ2n) is 12.4. The van der Waals surface area contributed by atoms with Crippen LogP contribution in [0.15, 0.2) is 60.7 Å². The third-order valence-corrected chi connectivity index (χ3v) is 8.79. The number of hydrogen-bond acceptors (Lipinski definition) is 5. The van der Waals surface area contributed by atoms with Gasteiger partial charge in [0, 0.05) is 56.3 Å². The number of rotatable bonds is 8. The lowest BCUT2D eigenvalue weighted by atomic mass is 9.93. The number of piperazine rings is 1. The first-order valence-electron chi connectivity index (χ1n) is 16.0. The number of benzene rings is 3. The molecule has 44 heavy (non-hydrogen) atoms.